The van der Waals surface area contributed by atoms with E-state index in [-0.39, 0.29) is 12.5 Å². The summed E-state index contributed by atoms with van der Waals surface area (Å²) in [6.07, 6.45) is 2.04. The number of carbonyl (C=O) groups excluding carboxylic acids is 1. The van der Waals surface area contributed by atoms with Crippen LogP contribution in [0.2, 0.25) is 5.15 Å². The van der Waals surface area contributed by atoms with Crippen LogP contribution in [0, 0.1) is 0 Å². The Bertz CT molecular complexity index is 357. The number of rotatable bonds is 6. The standard InChI is InChI=1S/C11H16ClN3O/c1-2-3-7-15(8-10(13)16)11-6-4-5-9(12)14-11/h4-6H,2-3,7-8H2,1H3,(H2,13,16). The molecule has 0 saturated carbocycles. The zero-order chi connectivity index (χ0) is 12.0. The minimum Gasteiger partial charge on any atom is -0.368 e. The molecule has 0 aliphatic heterocycles. The van der Waals surface area contributed by atoms with E-state index in [1.54, 1.807) is 6.07 Å². The smallest absolute Gasteiger partial charge is 0.236 e. The normalized spacial score (nSPS) is 10.1. The lowest BCUT2D eigenvalue weighted by Gasteiger charge is -2.21. The van der Waals surface area contributed by atoms with Gasteiger partial charge in [-0.15, -0.1) is 0 Å². The molecule has 4 nitrogen and oxygen atoms in total. The molecule has 0 unspecified atom stereocenters. The molecule has 1 aromatic heterocycles. The number of hydrogen-bond donors (Lipinski definition) is 1. The fourth-order valence-electron chi connectivity index (χ4n) is 1.39. The van der Waals surface area contributed by atoms with Gasteiger partial charge in [0.2, 0.25) is 5.91 Å². The molecule has 0 fully saturated rings. The van der Waals surface area contributed by atoms with Crippen LogP contribution in [0.1, 0.15) is 19.8 Å². The molecule has 1 heterocycles. The van der Waals surface area contributed by atoms with Crippen LogP contribution in [0.4, 0.5) is 5.82 Å². The van der Waals surface area contributed by atoms with Crippen molar-refractivity contribution in [1.29, 1.82) is 0 Å². The van der Waals surface area contributed by atoms with Crippen molar-refractivity contribution in [2.24, 2.45) is 5.73 Å². The van der Waals surface area contributed by atoms with Crippen molar-refractivity contribution in [3.8, 4) is 0 Å². The number of amides is 1. The van der Waals surface area contributed by atoms with Crippen molar-refractivity contribution in [3.63, 3.8) is 0 Å². The van der Waals surface area contributed by atoms with E-state index < -0.39 is 0 Å². The number of nitrogens with two attached hydrogens (primary N) is 1. The second-order valence-corrected chi connectivity index (χ2v) is 3.95. The van der Waals surface area contributed by atoms with E-state index >= 15 is 0 Å². The second-order valence-electron chi connectivity index (χ2n) is 3.56. The predicted octanol–water partition coefficient (Wildman–Crippen LogP) is 1.83. The Balaban J connectivity index is 2.78. The van der Waals surface area contributed by atoms with Gasteiger partial charge in [-0.05, 0) is 18.6 Å². The number of nitrogens with zero attached hydrogens (tertiary/aromatic N) is 2. The van der Waals surface area contributed by atoms with Crippen LogP contribution in [0.3, 0.4) is 0 Å². The van der Waals surface area contributed by atoms with Crippen molar-refractivity contribution in [3.05, 3.63) is 23.4 Å². The summed E-state index contributed by atoms with van der Waals surface area (Å²) in [5, 5.41) is 0.420. The molecular formula is C11H16ClN3O. The quantitative estimate of drug-likeness (QED) is 0.773. The van der Waals surface area contributed by atoms with Gasteiger partial charge in [0.25, 0.3) is 0 Å². The van der Waals surface area contributed by atoms with E-state index in [4.69, 9.17) is 17.3 Å². The molecule has 0 aliphatic carbocycles. The SMILES string of the molecule is CCCCN(CC(N)=O)c1cccc(Cl)n1. The Morgan fingerprint density at radius 1 is 1.56 bits per heavy atom. The summed E-state index contributed by atoms with van der Waals surface area (Å²) in [7, 11) is 0. The molecule has 2 N–H and O–H groups in total. The van der Waals surface area contributed by atoms with E-state index in [9.17, 15) is 4.79 Å². The summed E-state index contributed by atoms with van der Waals surface area (Å²) in [4.78, 5) is 17.0. The molecule has 1 aromatic rings. The highest BCUT2D eigenvalue weighted by Crippen LogP contribution is 2.14. The lowest BCUT2D eigenvalue weighted by Crippen LogP contribution is -2.35. The number of unbranched alkanes of at least 4 members (excludes halogenated alkanes) is 1. The van der Waals surface area contributed by atoms with Crippen LogP contribution < -0.4 is 10.6 Å². The second kappa shape index (κ2) is 6.33. The molecule has 0 bridgehead atoms. The molecule has 88 valence electrons. The average Bonchev–Trinajstić information content (AvgIpc) is 2.23. The minimum absolute atomic E-state index is 0.174. The van der Waals surface area contributed by atoms with Gasteiger partial charge in [0, 0.05) is 6.54 Å². The third-order valence-corrected chi connectivity index (χ3v) is 2.36. The van der Waals surface area contributed by atoms with Crippen molar-refractivity contribution in [1.82, 2.24) is 4.98 Å². The first-order valence-corrected chi connectivity index (χ1v) is 5.67. The van der Waals surface area contributed by atoms with Gasteiger partial charge in [0.05, 0.1) is 6.54 Å². The molecule has 0 spiro atoms. The van der Waals surface area contributed by atoms with E-state index in [0.29, 0.717) is 11.0 Å². The van der Waals surface area contributed by atoms with Crippen molar-refractivity contribution in [2.75, 3.05) is 18.0 Å². The number of pyridine rings is 1. The van der Waals surface area contributed by atoms with Crippen LogP contribution in [0.5, 0.6) is 0 Å². The molecule has 5 heteroatoms. The van der Waals surface area contributed by atoms with Crippen LogP contribution >= 0.6 is 11.6 Å². The molecule has 0 atom stereocenters. The van der Waals surface area contributed by atoms with Crippen LogP contribution in [0.25, 0.3) is 0 Å². The summed E-state index contributed by atoms with van der Waals surface area (Å²) >= 11 is 5.81. The average molecular weight is 242 g/mol. The zero-order valence-corrected chi connectivity index (χ0v) is 10.1. The third kappa shape index (κ3) is 4.06. The first-order valence-electron chi connectivity index (χ1n) is 5.29. The molecular weight excluding hydrogens is 226 g/mol. The van der Waals surface area contributed by atoms with Crippen LogP contribution in [0.15, 0.2) is 18.2 Å². The van der Waals surface area contributed by atoms with E-state index in [2.05, 4.69) is 11.9 Å². The number of carbonyl (C=O) groups is 1. The van der Waals surface area contributed by atoms with Crippen LogP contribution in [-0.4, -0.2) is 24.0 Å². The minimum atomic E-state index is -0.363. The third-order valence-electron chi connectivity index (χ3n) is 2.15. The monoisotopic (exact) mass is 241 g/mol. The van der Waals surface area contributed by atoms with Gasteiger partial charge < -0.3 is 10.6 Å². The lowest BCUT2D eigenvalue weighted by molar-refractivity contribution is -0.116. The van der Waals surface area contributed by atoms with E-state index in [1.807, 2.05) is 17.0 Å². The number of aromatic nitrogens is 1. The molecule has 0 saturated heterocycles. The van der Waals surface area contributed by atoms with Gasteiger partial charge in [-0.25, -0.2) is 4.98 Å². The lowest BCUT2D eigenvalue weighted by atomic mass is 10.3. The molecule has 0 aliphatic rings. The topological polar surface area (TPSA) is 59.2 Å². The van der Waals surface area contributed by atoms with Gasteiger partial charge >= 0.3 is 0 Å². The van der Waals surface area contributed by atoms with Crippen molar-refractivity contribution in [2.45, 2.75) is 19.8 Å². The largest absolute Gasteiger partial charge is 0.368 e. The molecule has 1 rings (SSSR count). The molecule has 0 radical (unpaired) electrons. The molecule has 1 amide bonds. The number of hydrogen-bond acceptors (Lipinski definition) is 3. The summed E-state index contributed by atoms with van der Waals surface area (Å²) in [5.41, 5.74) is 5.20. The maximum absolute atomic E-state index is 11.0. The van der Waals surface area contributed by atoms with Gasteiger partial charge in [0.1, 0.15) is 11.0 Å². The van der Waals surface area contributed by atoms with Gasteiger partial charge in [-0.1, -0.05) is 31.0 Å². The maximum atomic E-state index is 11.0. The molecule has 0 aromatic carbocycles. The maximum Gasteiger partial charge on any atom is 0.236 e. The number of primary amides is 1. The Labute approximate surface area is 100 Å². The van der Waals surface area contributed by atoms with E-state index in [0.717, 1.165) is 19.4 Å². The van der Waals surface area contributed by atoms with Gasteiger partial charge in [0.15, 0.2) is 0 Å². The Morgan fingerprint density at radius 3 is 2.88 bits per heavy atom. The first kappa shape index (κ1) is 12.8. The fraction of sp³-hybridized carbons (Fsp3) is 0.455. The van der Waals surface area contributed by atoms with Gasteiger partial charge in [-0.2, -0.15) is 0 Å². The summed E-state index contributed by atoms with van der Waals surface area (Å²) in [6, 6.07) is 5.34. The summed E-state index contributed by atoms with van der Waals surface area (Å²) in [6.45, 7) is 3.02. The van der Waals surface area contributed by atoms with Crippen LogP contribution in [-0.2, 0) is 4.79 Å². The Hall–Kier alpha value is -1.29. The highest BCUT2D eigenvalue weighted by atomic mass is 35.5. The summed E-state index contributed by atoms with van der Waals surface area (Å²) in [5.74, 6) is 0.331. The number of halogens is 1. The Morgan fingerprint density at radius 2 is 2.31 bits per heavy atom. The Kier molecular flexibility index (Phi) is 5.05. The molecule has 16 heavy (non-hydrogen) atoms. The van der Waals surface area contributed by atoms with Gasteiger partial charge in [-0.3, -0.25) is 4.79 Å². The van der Waals surface area contributed by atoms with Crippen molar-refractivity contribution < 1.29 is 4.79 Å². The highest BCUT2D eigenvalue weighted by Gasteiger charge is 2.10. The predicted molar refractivity (Wildman–Crippen MR) is 65.6 cm³/mol. The fourth-order valence-corrected chi connectivity index (χ4v) is 1.54. The number of anilines is 1. The summed E-state index contributed by atoms with van der Waals surface area (Å²) < 4.78 is 0. The van der Waals surface area contributed by atoms with E-state index in [1.165, 1.54) is 0 Å². The van der Waals surface area contributed by atoms with Crippen molar-refractivity contribution >= 4 is 23.3 Å². The zero-order valence-electron chi connectivity index (χ0n) is 9.32. The highest BCUT2D eigenvalue weighted by molar-refractivity contribution is 6.29. The first-order chi connectivity index (χ1) is 7.63.